The third-order valence-corrected chi connectivity index (χ3v) is 4.52. The first kappa shape index (κ1) is 18.1. The second-order valence-electron chi connectivity index (χ2n) is 5.78. The van der Waals surface area contributed by atoms with Gasteiger partial charge in [0.2, 0.25) is 0 Å². The predicted molar refractivity (Wildman–Crippen MR) is 99.9 cm³/mol. The maximum absolute atomic E-state index is 12.3. The van der Waals surface area contributed by atoms with E-state index in [-0.39, 0.29) is 25.0 Å². The zero-order valence-electron chi connectivity index (χ0n) is 13.9. The maximum Gasteiger partial charge on any atom is 0.325 e. The molecule has 0 saturated heterocycles. The maximum atomic E-state index is 12.3. The highest BCUT2D eigenvalue weighted by Crippen LogP contribution is 2.27. The van der Waals surface area contributed by atoms with Crippen molar-refractivity contribution < 1.29 is 19.1 Å². The topological polar surface area (TPSA) is 75.7 Å². The van der Waals surface area contributed by atoms with Crippen LogP contribution in [0.1, 0.15) is 15.9 Å². The molecule has 6 nitrogen and oxygen atoms in total. The Kier molecular flexibility index (Phi) is 5.68. The molecule has 0 aromatic heterocycles. The van der Waals surface area contributed by atoms with Crippen LogP contribution in [0.15, 0.2) is 53.0 Å². The van der Waals surface area contributed by atoms with Crippen LogP contribution in [-0.4, -0.2) is 37.5 Å². The third kappa shape index (κ3) is 4.29. The van der Waals surface area contributed by atoms with Gasteiger partial charge in [0, 0.05) is 22.3 Å². The number of halogens is 1. The van der Waals surface area contributed by atoms with Crippen molar-refractivity contribution in [2.75, 3.05) is 24.6 Å². The fraction of sp³-hybridized carbons (Fsp3) is 0.211. The molecule has 2 aromatic rings. The smallest absolute Gasteiger partial charge is 0.325 e. The van der Waals surface area contributed by atoms with E-state index in [4.69, 9.17) is 4.74 Å². The molecule has 0 fully saturated rings. The van der Waals surface area contributed by atoms with Crippen LogP contribution in [0.2, 0.25) is 0 Å². The van der Waals surface area contributed by atoms with Crippen LogP contribution in [0, 0.1) is 0 Å². The van der Waals surface area contributed by atoms with E-state index in [0.29, 0.717) is 12.1 Å². The molecule has 3 rings (SSSR count). The average Bonchev–Trinajstić information content (AvgIpc) is 3.08. The summed E-state index contributed by atoms with van der Waals surface area (Å²) < 4.78 is 5.75. The lowest BCUT2D eigenvalue weighted by molar-refractivity contribution is -0.146. The summed E-state index contributed by atoms with van der Waals surface area (Å²) in [6.07, 6.45) is 0.790. The molecule has 134 valence electrons. The Labute approximate surface area is 159 Å². The lowest BCUT2D eigenvalue weighted by Gasteiger charge is -2.17. The number of carbonyl (C=O) groups is 3. The quantitative estimate of drug-likeness (QED) is 0.758. The second-order valence-corrected chi connectivity index (χ2v) is 6.69. The Hall–Kier alpha value is -2.67. The Balaban J connectivity index is 1.46. The molecule has 0 bridgehead atoms. The van der Waals surface area contributed by atoms with Crippen molar-refractivity contribution >= 4 is 39.4 Å². The van der Waals surface area contributed by atoms with Gasteiger partial charge in [0.1, 0.15) is 6.54 Å². The van der Waals surface area contributed by atoms with Crippen LogP contribution < -0.4 is 10.2 Å². The molecule has 26 heavy (non-hydrogen) atoms. The number of hydrogen-bond acceptors (Lipinski definition) is 4. The van der Waals surface area contributed by atoms with Crippen LogP contribution in [0.25, 0.3) is 0 Å². The van der Waals surface area contributed by atoms with E-state index < -0.39 is 5.97 Å². The highest BCUT2D eigenvalue weighted by molar-refractivity contribution is 9.10. The van der Waals surface area contributed by atoms with Crippen molar-refractivity contribution in [2.45, 2.75) is 6.42 Å². The summed E-state index contributed by atoms with van der Waals surface area (Å²) in [6, 6.07) is 14.5. The molecular weight excluding hydrogens is 400 g/mol. The number of esters is 1. The van der Waals surface area contributed by atoms with Crippen LogP contribution in [0.4, 0.5) is 5.69 Å². The minimum atomic E-state index is -0.658. The summed E-state index contributed by atoms with van der Waals surface area (Å²) in [6.45, 7) is -0.0650. The number of rotatable bonds is 5. The van der Waals surface area contributed by atoms with Gasteiger partial charge >= 0.3 is 5.97 Å². The van der Waals surface area contributed by atoms with Gasteiger partial charge in [-0.05, 0) is 36.2 Å². The molecule has 0 spiro atoms. The number of anilines is 1. The summed E-state index contributed by atoms with van der Waals surface area (Å²) in [5, 5.41) is 2.48. The minimum absolute atomic E-state index is 0.276. The summed E-state index contributed by atoms with van der Waals surface area (Å²) in [5.41, 5.74) is 2.39. The number of nitrogens with one attached hydrogen (secondary N) is 1. The molecule has 0 atom stereocenters. The van der Waals surface area contributed by atoms with Crippen molar-refractivity contribution in [2.24, 2.45) is 0 Å². The minimum Gasteiger partial charge on any atom is -0.454 e. The number of ether oxygens (including phenoxy) is 1. The molecule has 2 amide bonds. The SMILES string of the molecule is O=C(CNC(=O)c1cccc(Br)c1)OCC(=O)N1CCc2ccccc21. The van der Waals surface area contributed by atoms with Gasteiger partial charge < -0.3 is 15.0 Å². The monoisotopic (exact) mass is 416 g/mol. The van der Waals surface area contributed by atoms with Gasteiger partial charge in [0.15, 0.2) is 6.61 Å². The predicted octanol–water partition coefficient (Wildman–Crippen LogP) is 2.31. The molecular formula is C19H17BrN2O4. The van der Waals surface area contributed by atoms with E-state index in [0.717, 1.165) is 22.1 Å². The van der Waals surface area contributed by atoms with Crippen molar-refractivity contribution in [3.05, 3.63) is 64.1 Å². The zero-order chi connectivity index (χ0) is 18.5. The first-order valence-electron chi connectivity index (χ1n) is 8.12. The van der Waals surface area contributed by atoms with Crippen LogP contribution in [0.3, 0.4) is 0 Å². The first-order chi connectivity index (χ1) is 12.5. The van der Waals surface area contributed by atoms with E-state index >= 15 is 0 Å². The van der Waals surface area contributed by atoms with E-state index in [1.807, 2.05) is 24.3 Å². The molecule has 1 N–H and O–H groups in total. The van der Waals surface area contributed by atoms with E-state index in [1.165, 1.54) is 0 Å². The number of carbonyl (C=O) groups excluding carboxylic acids is 3. The Morgan fingerprint density at radius 3 is 2.73 bits per heavy atom. The number of amides is 2. The lowest BCUT2D eigenvalue weighted by Crippen LogP contribution is -2.35. The van der Waals surface area contributed by atoms with Gasteiger partial charge in [0.25, 0.3) is 11.8 Å². The van der Waals surface area contributed by atoms with Crippen LogP contribution >= 0.6 is 15.9 Å². The van der Waals surface area contributed by atoms with Gasteiger partial charge in [-0.25, -0.2) is 0 Å². The largest absolute Gasteiger partial charge is 0.454 e. The fourth-order valence-corrected chi connectivity index (χ4v) is 3.15. The Bertz CT molecular complexity index is 853. The van der Waals surface area contributed by atoms with Crippen LogP contribution in [-0.2, 0) is 20.7 Å². The zero-order valence-corrected chi connectivity index (χ0v) is 15.5. The van der Waals surface area contributed by atoms with E-state index in [9.17, 15) is 14.4 Å². The van der Waals surface area contributed by atoms with Crippen LogP contribution in [0.5, 0.6) is 0 Å². The summed E-state index contributed by atoms with van der Waals surface area (Å²) in [4.78, 5) is 37.6. The highest BCUT2D eigenvalue weighted by Gasteiger charge is 2.24. The first-order valence-corrected chi connectivity index (χ1v) is 8.91. The number of fused-ring (bicyclic) bond motifs is 1. The standard InChI is InChI=1S/C19H17BrN2O4/c20-15-6-3-5-14(10-15)19(25)21-11-18(24)26-12-17(23)22-9-8-13-4-1-2-7-16(13)22/h1-7,10H,8-9,11-12H2,(H,21,25). The summed E-state index contributed by atoms with van der Waals surface area (Å²) >= 11 is 3.28. The molecule has 0 saturated carbocycles. The molecule has 0 radical (unpaired) electrons. The normalized spacial score (nSPS) is 12.4. The highest BCUT2D eigenvalue weighted by atomic mass is 79.9. The van der Waals surface area contributed by atoms with Gasteiger partial charge in [-0.1, -0.05) is 40.2 Å². The van der Waals surface area contributed by atoms with Gasteiger partial charge in [-0.3, -0.25) is 14.4 Å². The van der Waals surface area contributed by atoms with E-state index in [1.54, 1.807) is 29.2 Å². The lowest BCUT2D eigenvalue weighted by atomic mass is 10.2. The number of benzene rings is 2. The molecule has 1 aliphatic rings. The molecule has 0 aliphatic carbocycles. The van der Waals surface area contributed by atoms with Gasteiger partial charge in [-0.15, -0.1) is 0 Å². The number of hydrogen-bond donors (Lipinski definition) is 1. The molecule has 1 aliphatic heterocycles. The van der Waals surface area contributed by atoms with Crippen molar-refractivity contribution in [3.63, 3.8) is 0 Å². The van der Waals surface area contributed by atoms with Crippen molar-refractivity contribution in [1.82, 2.24) is 5.32 Å². The molecule has 1 heterocycles. The average molecular weight is 417 g/mol. The van der Waals surface area contributed by atoms with Crippen molar-refractivity contribution in [3.8, 4) is 0 Å². The third-order valence-electron chi connectivity index (χ3n) is 4.02. The second kappa shape index (κ2) is 8.14. The fourth-order valence-electron chi connectivity index (χ4n) is 2.75. The van der Waals surface area contributed by atoms with Crippen molar-refractivity contribution in [1.29, 1.82) is 0 Å². The molecule has 0 unspecified atom stereocenters. The number of para-hydroxylation sites is 1. The Morgan fingerprint density at radius 1 is 1.12 bits per heavy atom. The Morgan fingerprint density at radius 2 is 1.92 bits per heavy atom. The molecule has 2 aromatic carbocycles. The molecule has 7 heteroatoms. The van der Waals surface area contributed by atoms with E-state index in [2.05, 4.69) is 21.2 Å². The number of nitrogens with zero attached hydrogens (tertiary/aromatic N) is 1. The summed E-state index contributed by atoms with van der Waals surface area (Å²) in [5.74, 6) is -1.32. The van der Waals surface area contributed by atoms with Gasteiger partial charge in [0.05, 0.1) is 0 Å². The van der Waals surface area contributed by atoms with Gasteiger partial charge in [-0.2, -0.15) is 0 Å². The summed E-state index contributed by atoms with van der Waals surface area (Å²) in [7, 11) is 0.